The lowest BCUT2D eigenvalue weighted by atomic mass is 10.1. The molecule has 0 spiro atoms. The van der Waals surface area contributed by atoms with Crippen LogP contribution >= 0.6 is 12.2 Å². The molecule has 0 radical (unpaired) electrons. The number of hydrogen-bond acceptors (Lipinski definition) is 10. The van der Waals surface area contributed by atoms with E-state index in [1.54, 1.807) is 50.6 Å². The smallest absolute Gasteiger partial charge is 0.339 e. The van der Waals surface area contributed by atoms with Crippen molar-refractivity contribution in [1.82, 2.24) is 20.3 Å². The average Bonchev–Trinajstić information content (AvgIpc) is 3.02. The zero-order valence-corrected chi connectivity index (χ0v) is 25.4. The fraction of sp³-hybridized carbons (Fsp3) is 0.161. The molecule has 0 fully saturated rings. The van der Waals surface area contributed by atoms with Crippen LogP contribution in [0.2, 0.25) is 0 Å². The van der Waals surface area contributed by atoms with Crippen LogP contribution in [0.3, 0.4) is 0 Å². The van der Waals surface area contributed by atoms with Crippen LogP contribution in [0.4, 0.5) is 22.4 Å². The molecule has 0 saturated heterocycles. The summed E-state index contributed by atoms with van der Waals surface area (Å²) in [6.07, 6.45) is 0.628. The number of nitrogens with zero attached hydrogens (tertiary/aromatic N) is 3. The molecule has 14 heteroatoms. The normalized spacial score (nSPS) is 10.6. The van der Waals surface area contributed by atoms with Crippen molar-refractivity contribution in [2.24, 2.45) is 0 Å². The molecule has 230 valence electrons. The highest BCUT2D eigenvalue weighted by molar-refractivity contribution is 7.80. The number of benzene rings is 3. The Balaban J connectivity index is 1.33. The second-order valence-electron chi connectivity index (χ2n) is 9.56. The Morgan fingerprint density at radius 3 is 2.33 bits per heavy atom. The van der Waals surface area contributed by atoms with Gasteiger partial charge in [0.1, 0.15) is 11.3 Å². The molecule has 0 unspecified atom stereocenters. The van der Waals surface area contributed by atoms with E-state index >= 15 is 0 Å². The average molecular weight is 628 g/mol. The molecular weight excluding hydrogens is 598 g/mol. The van der Waals surface area contributed by atoms with Crippen LogP contribution in [-0.2, 0) is 6.42 Å². The highest BCUT2D eigenvalue weighted by atomic mass is 32.1. The summed E-state index contributed by atoms with van der Waals surface area (Å²) in [5.74, 6) is 1.28. The lowest BCUT2D eigenvalue weighted by molar-refractivity contribution is 0.262. The topological polar surface area (TPSA) is 162 Å². The van der Waals surface area contributed by atoms with Gasteiger partial charge in [-0.25, -0.2) is 9.59 Å². The molecule has 5 aromatic rings. The number of aromatic nitrogens is 3. The van der Waals surface area contributed by atoms with Gasteiger partial charge < -0.3 is 34.6 Å². The predicted octanol–water partition coefficient (Wildman–Crippen LogP) is 5.27. The summed E-state index contributed by atoms with van der Waals surface area (Å²) < 4.78 is 21.8. The maximum absolute atomic E-state index is 12.8. The number of aryl methyl sites for hydroxylation is 1. The maximum atomic E-state index is 12.8. The zero-order chi connectivity index (χ0) is 31.8. The maximum Gasteiger partial charge on any atom is 0.339 e. The minimum Gasteiger partial charge on any atom is -0.493 e. The van der Waals surface area contributed by atoms with Gasteiger partial charge in [-0.3, -0.25) is 5.32 Å². The van der Waals surface area contributed by atoms with Crippen LogP contribution in [0.1, 0.15) is 11.1 Å². The number of amides is 2. The van der Waals surface area contributed by atoms with Crippen molar-refractivity contribution >= 4 is 51.9 Å². The Labute approximate surface area is 263 Å². The van der Waals surface area contributed by atoms with Crippen molar-refractivity contribution in [2.75, 3.05) is 36.7 Å². The van der Waals surface area contributed by atoms with Gasteiger partial charge in [-0.1, -0.05) is 35.9 Å². The number of ether oxygens (including phenoxy) is 3. The van der Waals surface area contributed by atoms with Gasteiger partial charge in [0.15, 0.2) is 16.6 Å². The molecule has 0 aliphatic heterocycles. The van der Waals surface area contributed by atoms with E-state index in [2.05, 4.69) is 36.2 Å². The van der Waals surface area contributed by atoms with Gasteiger partial charge in [0.2, 0.25) is 11.9 Å². The number of anilines is 3. The number of rotatable bonds is 10. The van der Waals surface area contributed by atoms with Crippen molar-refractivity contribution in [1.29, 1.82) is 0 Å². The van der Waals surface area contributed by atoms with Crippen molar-refractivity contribution in [3.8, 4) is 23.3 Å². The Bertz CT molecular complexity index is 1900. The first-order valence-electron chi connectivity index (χ1n) is 13.7. The van der Waals surface area contributed by atoms with Crippen molar-refractivity contribution in [3.63, 3.8) is 0 Å². The number of carbonyl (C=O) groups excluding carboxylic acids is 1. The van der Waals surface area contributed by atoms with Gasteiger partial charge >= 0.3 is 17.7 Å². The Morgan fingerprint density at radius 2 is 1.58 bits per heavy atom. The molecule has 13 nitrogen and oxygen atoms in total. The first kappa shape index (κ1) is 30.7. The van der Waals surface area contributed by atoms with Crippen LogP contribution in [0.15, 0.2) is 82.0 Å². The number of carbonyl (C=O) groups is 1. The molecule has 3 aromatic carbocycles. The molecule has 0 saturated carbocycles. The lowest BCUT2D eigenvalue weighted by Gasteiger charge is -2.13. The van der Waals surface area contributed by atoms with Crippen molar-refractivity contribution in [3.05, 3.63) is 94.3 Å². The van der Waals surface area contributed by atoms with Gasteiger partial charge in [0.05, 0.1) is 25.7 Å². The monoisotopic (exact) mass is 627 g/mol. The number of nitrogens with one attached hydrogen (secondary N) is 4. The first-order valence-corrected chi connectivity index (χ1v) is 14.1. The van der Waals surface area contributed by atoms with E-state index in [0.717, 1.165) is 11.1 Å². The van der Waals surface area contributed by atoms with Crippen LogP contribution < -0.4 is 41.1 Å². The van der Waals surface area contributed by atoms with Gasteiger partial charge in [0.25, 0.3) is 0 Å². The summed E-state index contributed by atoms with van der Waals surface area (Å²) in [6, 6.07) is 20.2. The molecule has 2 heterocycles. The van der Waals surface area contributed by atoms with Crippen LogP contribution in [0.5, 0.6) is 23.3 Å². The largest absolute Gasteiger partial charge is 0.493 e. The fourth-order valence-electron chi connectivity index (χ4n) is 4.18. The number of urea groups is 1. The van der Waals surface area contributed by atoms with E-state index < -0.39 is 11.7 Å². The number of methoxy groups -OCH3 is 2. The minimum atomic E-state index is -0.619. The van der Waals surface area contributed by atoms with E-state index in [1.165, 1.54) is 6.07 Å². The summed E-state index contributed by atoms with van der Waals surface area (Å²) in [5.41, 5.74) is 2.33. The van der Waals surface area contributed by atoms with Gasteiger partial charge in [-0.15, -0.1) is 0 Å². The Morgan fingerprint density at radius 1 is 0.844 bits per heavy atom. The minimum absolute atomic E-state index is 0.0125. The predicted molar refractivity (Wildman–Crippen MR) is 174 cm³/mol. The molecule has 0 bridgehead atoms. The van der Waals surface area contributed by atoms with Crippen LogP contribution in [0, 0.1) is 6.92 Å². The van der Waals surface area contributed by atoms with Crippen molar-refractivity contribution < 1.29 is 23.4 Å². The van der Waals surface area contributed by atoms with Crippen LogP contribution in [0.25, 0.3) is 11.0 Å². The molecular formula is C31H29N7O6S. The van der Waals surface area contributed by atoms with Gasteiger partial charge in [0, 0.05) is 12.2 Å². The van der Waals surface area contributed by atoms with E-state index in [-0.39, 0.29) is 28.8 Å². The van der Waals surface area contributed by atoms with Crippen molar-refractivity contribution in [2.45, 2.75) is 13.3 Å². The molecule has 0 atom stereocenters. The molecule has 4 N–H and O–H groups in total. The molecule has 2 aromatic heterocycles. The molecule has 5 rings (SSSR count). The second-order valence-corrected chi connectivity index (χ2v) is 9.97. The van der Waals surface area contributed by atoms with E-state index in [9.17, 15) is 9.59 Å². The summed E-state index contributed by atoms with van der Waals surface area (Å²) in [4.78, 5) is 37.7. The van der Waals surface area contributed by atoms with Crippen LogP contribution in [-0.4, -0.2) is 46.9 Å². The zero-order valence-electron chi connectivity index (χ0n) is 24.5. The second kappa shape index (κ2) is 14.1. The van der Waals surface area contributed by atoms with E-state index in [4.69, 9.17) is 30.8 Å². The third-order valence-corrected chi connectivity index (χ3v) is 6.58. The standard InChI is InChI=1S/C31H29N7O6S/c1-18-8-11-20(12-9-18)33-29(40)35-27-34-28(38-31(45)32-15-14-19-10-13-23(41-2)25(16-19)42-3)37-30(36-27)44-24-17-26(39)43-22-7-5-4-6-21(22)24/h4-13,16-17H,14-15H2,1-3H3,(H4,32,33,34,35,36,37,38,40,45). The van der Waals surface area contributed by atoms with Gasteiger partial charge in [-0.05, 0) is 67.5 Å². The summed E-state index contributed by atoms with van der Waals surface area (Å²) in [7, 11) is 3.16. The SMILES string of the molecule is COc1ccc(CCNC(=S)Nc2nc(NC(=O)Nc3ccc(C)cc3)nc(Oc3cc(=O)oc4ccccc34)n2)cc1OC. The summed E-state index contributed by atoms with van der Waals surface area (Å²) in [6.45, 7) is 2.42. The number of para-hydroxylation sites is 1. The Kier molecular flexibility index (Phi) is 9.64. The third-order valence-electron chi connectivity index (χ3n) is 6.34. The highest BCUT2D eigenvalue weighted by Gasteiger charge is 2.15. The molecule has 0 aliphatic rings. The molecule has 0 aliphatic carbocycles. The number of fused-ring (bicyclic) bond motifs is 1. The van der Waals surface area contributed by atoms with Gasteiger partial charge in [-0.2, -0.15) is 15.0 Å². The Hall–Kier alpha value is -5.76. The quantitative estimate of drug-likeness (QED) is 0.117. The van der Waals surface area contributed by atoms with E-state index in [1.807, 2.05) is 37.3 Å². The third kappa shape index (κ3) is 8.20. The number of thiocarbonyl (C=S) groups is 1. The number of hydrogen-bond donors (Lipinski definition) is 4. The molecule has 45 heavy (non-hydrogen) atoms. The first-order chi connectivity index (χ1) is 21.8. The lowest BCUT2D eigenvalue weighted by Crippen LogP contribution is -2.31. The highest BCUT2D eigenvalue weighted by Crippen LogP contribution is 2.28. The van der Waals surface area contributed by atoms with E-state index in [0.29, 0.717) is 41.1 Å². The molecule has 2 amide bonds. The summed E-state index contributed by atoms with van der Waals surface area (Å²) in [5, 5.41) is 12.0. The fourth-order valence-corrected chi connectivity index (χ4v) is 4.37. The summed E-state index contributed by atoms with van der Waals surface area (Å²) >= 11 is 5.46.